The van der Waals surface area contributed by atoms with Crippen LogP contribution in [0.1, 0.15) is 36.5 Å². The molecule has 4 N–H and O–H groups in total. The van der Waals surface area contributed by atoms with Gasteiger partial charge in [-0.2, -0.15) is 0 Å². The van der Waals surface area contributed by atoms with Crippen molar-refractivity contribution in [2.75, 3.05) is 11.9 Å². The molecule has 2 saturated carbocycles. The average Bonchev–Trinajstić information content (AvgIpc) is 3.37. The van der Waals surface area contributed by atoms with Crippen LogP contribution in [0.5, 0.6) is 0 Å². The summed E-state index contributed by atoms with van der Waals surface area (Å²) in [7, 11) is -4.19. The number of rotatable bonds is 7. The van der Waals surface area contributed by atoms with Gasteiger partial charge in [0.15, 0.2) is 27.3 Å². The van der Waals surface area contributed by atoms with Crippen molar-refractivity contribution in [2.24, 2.45) is 17.6 Å². The summed E-state index contributed by atoms with van der Waals surface area (Å²) in [5, 5.41) is 12.2. The first-order valence-electron chi connectivity index (χ1n) is 11.4. The van der Waals surface area contributed by atoms with E-state index < -0.39 is 74.5 Å². The minimum absolute atomic E-state index is 0.0906. The van der Waals surface area contributed by atoms with Crippen LogP contribution in [0.25, 0.3) is 0 Å². The van der Waals surface area contributed by atoms with E-state index in [2.05, 4.69) is 5.32 Å². The van der Waals surface area contributed by atoms with E-state index in [9.17, 15) is 36.3 Å². The number of anilines is 1. The number of amides is 1. The summed E-state index contributed by atoms with van der Waals surface area (Å²) in [4.78, 5) is 24.1. The standard InChI is InChI=1S/C24H24ClF3N2O6S/c1-11(29)23(32)36-10-24(33)9-13-2-4-15(24)21(13)37(34,35)19-6-12(3-5-16(19)25)22(31)30-14-7-17(26)20(28)18(27)8-14/h3,5-8,11,13,15,21,33H,2,4,9-10,29H2,1H3,(H,30,31)/t11-,13?,15?,21+,24-/m0/s1. The molecule has 0 aromatic heterocycles. The molecule has 2 aromatic carbocycles. The Morgan fingerprint density at radius 1 is 1.22 bits per heavy atom. The highest BCUT2D eigenvalue weighted by atomic mass is 35.5. The van der Waals surface area contributed by atoms with Gasteiger partial charge in [-0.3, -0.25) is 9.59 Å². The Morgan fingerprint density at radius 2 is 1.86 bits per heavy atom. The van der Waals surface area contributed by atoms with Gasteiger partial charge in [-0.25, -0.2) is 21.6 Å². The maximum atomic E-state index is 13.7. The lowest BCUT2D eigenvalue weighted by Gasteiger charge is -2.32. The second-order valence-electron chi connectivity index (χ2n) is 9.51. The van der Waals surface area contributed by atoms with Gasteiger partial charge < -0.3 is 20.9 Å². The van der Waals surface area contributed by atoms with Gasteiger partial charge in [0.1, 0.15) is 18.2 Å². The smallest absolute Gasteiger partial charge is 0.322 e. The number of fused-ring (bicyclic) bond motifs is 2. The third-order valence-electron chi connectivity index (χ3n) is 6.95. The Hall–Kier alpha value is -2.67. The van der Waals surface area contributed by atoms with E-state index in [0.717, 1.165) is 6.07 Å². The summed E-state index contributed by atoms with van der Waals surface area (Å²) in [5.74, 6) is -7.53. The summed E-state index contributed by atoms with van der Waals surface area (Å²) < 4.78 is 72.7. The molecule has 0 saturated heterocycles. The van der Waals surface area contributed by atoms with Gasteiger partial charge in [-0.1, -0.05) is 11.6 Å². The van der Waals surface area contributed by atoms with Gasteiger partial charge in [-0.05, 0) is 50.3 Å². The maximum Gasteiger partial charge on any atom is 0.322 e. The van der Waals surface area contributed by atoms with Crippen molar-refractivity contribution in [1.29, 1.82) is 0 Å². The number of nitrogens with two attached hydrogens (primary N) is 1. The summed E-state index contributed by atoms with van der Waals surface area (Å²) in [6.45, 7) is 1.02. The monoisotopic (exact) mass is 560 g/mol. The number of hydrogen-bond donors (Lipinski definition) is 3. The third kappa shape index (κ3) is 5.07. The summed E-state index contributed by atoms with van der Waals surface area (Å²) in [5.41, 5.74) is 3.36. The van der Waals surface area contributed by atoms with E-state index in [1.807, 2.05) is 0 Å². The van der Waals surface area contributed by atoms with Gasteiger partial charge in [0.25, 0.3) is 5.91 Å². The van der Waals surface area contributed by atoms with E-state index in [1.165, 1.54) is 19.1 Å². The van der Waals surface area contributed by atoms with Gasteiger partial charge in [0.05, 0.1) is 15.2 Å². The Bertz CT molecular complexity index is 1350. The Balaban J connectivity index is 1.59. The van der Waals surface area contributed by atoms with Crippen molar-refractivity contribution in [2.45, 2.75) is 48.0 Å². The minimum Gasteiger partial charge on any atom is -0.461 e. The maximum absolute atomic E-state index is 13.7. The minimum atomic E-state index is -4.19. The topological polar surface area (TPSA) is 136 Å². The SMILES string of the molecule is C[C@H](N)C(=O)OC[C@@]1(O)CC2CCC1[C@@H]2S(=O)(=O)c1cc(C(=O)Nc2cc(F)c(F)c(F)c2)ccc1Cl. The number of halogens is 4. The number of benzene rings is 2. The van der Waals surface area contributed by atoms with Crippen LogP contribution < -0.4 is 11.1 Å². The molecular weight excluding hydrogens is 537 g/mol. The lowest BCUT2D eigenvalue weighted by molar-refractivity contribution is -0.156. The molecule has 2 aromatic rings. The molecule has 37 heavy (non-hydrogen) atoms. The number of ether oxygens (including phenoxy) is 1. The molecule has 0 radical (unpaired) electrons. The zero-order valence-electron chi connectivity index (χ0n) is 19.5. The molecule has 13 heteroatoms. The number of esters is 1. The lowest BCUT2D eigenvalue weighted by Crippen LogP contribution is -2.44. The summed E-state index contributed by atoms with van der Waals surface area (Å²) in [6, 6.07) is 3.72. The second-order valence-corrected chi connectivity index (χ2v) is 12.0. The van der Waals surface area contributed by atoms with Crippen LogP contribution in [0.4, 0.5) is 18.9 Å². The van der Waals surface area contributed by atoms with Crippen molar-refractivity contribution in [3.05, 3.63) is 58.4 Å². The Morgan fingerprint density at radius 3 is 2.49 bits per heavy atom. The largest absolute Gasteiger partial charge is 0.461 e. The molecule has 2 aliphatic rings. The molecule has 2 fully saturated rings. The fourth-order valence-electron chi connectivity index (χ4n) is 5.25. The Labute approximate surface area is 215 Å². The van der Waals surface area contributed by atoms with E-state index in [0.29, 0.717) is 25.0 Å². The van der Waals surface area contributed by atoms with Crippen LogP contribution in [-0.2, 0) is 19.4 Å². The molecule has 1 amide bonds. The number of carbonyl (C=O) groups is 2. The van der Waals surface area contributed by atoms with Crippen molar-refractivity contribution in [1.82, 2.24) is 0 Å². The molecule has 5 atom stereocenters. The number of sulfone groups is 1. The van der Waals surface area contributed by atoms with Crippen molar-refractivity contribution in [3.63, 3.8) is 0 Å². The number of carbonyl (C=O) groups excluding carboxylic acids is 2. The lowest BCUT2D eigenvalue weighted by atomic mass is 9.85. The first-order valence-corrected chi connectivity index (χ1v) is 13.3. The van der Waals surface area contributed by atoms with E-state index >= 15 is 0 Å². The molecule has 200 valence electrons. The highest BCUT2D eigenvalue weighted by Crippen LogP contribution is 2.55. The summed E-state index contributed by atoms with van der Waals surface area (Å²) in [6.07, 6.45) is 0.991. The van der Waals surface area contributed by atoms with Crippen molar-refractivity contribution < 1.29 is 41.0 Å². The van der Waals surface area contributed by atoms with Gasteiger partial charge in [0.2, 0.25) is 0 Å². The molecule has 0 spiro atoms. The summed E-state index contributed by atoms with van der Waals surface area (Å²) >= 11 is 6.21. The first kappa shape index (κ1) is 27.4. The zero-order chi connectivity index (χ0) is 27.3. The molecule has 2 bridgehead atoms. The molecule has 4 rings (SSSR count). The van der Waals surface area contributed by atoms with Crippen LogP contribution >= 0.6 is 11.6 Å². The number of aliphatic hydroxyl groups is 1. The normalized spacial score (nSPS) is 25.6. The van der Waals surface area contributed by atoms with E-state index in [1.54, 1.807) is 0 Å². The van der Waals surface area contributed by atoms with Crippen LogP contribution in [0.3, 0.4) is 0 Å². The quantitative estimate of drug-likeness (QED) is 0.349. The predicted molar refractivity (Wildman–Crippen MR) is 127 cm³/mol. The first-order chi connectivity index (χ1) is 17.2. The van der Waals surface area contributed by atoms with Crippen LogP contribution in [0.15, 0.2) is 35.2 Å². The van der Waals surface area contributed by atoms with E-state index in [4.69, 9.17) is 22.1 Å². The van der Waals surface area contributed by atoms with Gasteiger partial charge in [0, 0.05) is 29.3 Å². The molecule has 0 heterocycles. The van der Waals surface area contributed by atoms with E-state index in [-0.39, 0.29) is 27.6 Å². The van der Waals surface area contributed by atoms with Crippen LogP contribution in [-0.4, -0.2) is 48.9 Å². The van der Waals surface area contributed by atoms with Crippen molar-refractivity contribution in [3.8, 4) is 0 Å². The molecule has 0 aliphatic heterocycles. The third-order valence-corrected chi connectivity index (χ3v) is 9.77. The highest BCUT2D eigenvalue weighted by molar-refractivity contribution is 7.92. The highest BCUT2D eigenvalue weighted by Gasteiger charge is 2.61. The molecule has 2 unspecified atom stereocenters. The number of nitrogens with one attached hydrogen (secondary N) is 1. The van der Waals surface area contributed by atoms with Crippen LogP contribution in [0.2, 0.25) is 5.02 Å². The number of hydrogen-bond acceptors (Lipinski definition) is 7. The average molecular weight is 561 g/mol. The second kappa shape index (κ2) is 9.90. The Kier molecular flexibility index (Phi) is 7.32. The van der Waals surface area contributed by atoms with Gasteiger partial charge >= 0.3 is 5.97 Å². The van der Waals surface area contributed by atoms with Crippen LogP contribution in [0, 0.1) is 29.3 Å². The fraction of sp³-hybridized carbons (Fsp3) is 0.417. The molecule has 8 nitrogen and oxygen atoms in total. The fourth-order valence-corrected chi connectivity index (χ4v) is 8.18. The molecule has 2 aliphatic carbocycles. The van der Waals surface area contributed by atoms with Gasteiger partial charge in [-0.15, -0.1) is 0 Å². The zero-order valence-corrected chi connectivity index (χ0v) is 21.1. The predicted octanol–water partition coefficient (Wildman–Crippen LogP) is 3.20. The molecular formula is C24H24ClF3N2O6S. The van der Waals surface area contributed by atoms with Crippen molar-refractivity contribution >= 4 is 39.0 Å².